The highest BCUT2D eigenvalue weighted by molar-refractivity contribution is 7.91. The van der Waals surface area contributed by atoms with E-state index in [-0.39, 0.29) is 27.6 Å². The summed E-state index contributed by atoms with van der Waals surface area (Å²) in [7, 11) is 0.573. The van der Waals surface area contributed by atoms with Gasteiger partial charge in [0.2, 0.25) is 15.7 Å². The molecule has 34 heavy (non-hydrogen) atoms. The zero-order valence-corrected chi connectivity index (χ0v) is 20.3. The summed E-state index contributed by atoms with van der Waals surface area (Å²) in [6, 6.07) is 15.8. The van der Waals surface area contributed by atoms with Crippen molar-refractivity contribution in [2.45, 2.75) is 16.2 Å². The Hall–Kier alpha value is -3.56. The van der Waals surface area contributed by atoms with Crippen LogP contribution in [0.15, 0.2) is 75.2 Å². The van der Waals surface area contributed by atoms with Gasteiger partial charge in [0, 0.05) is 19.1 Å². The SMILES string of the molecule is COc1ccc(S(=O)(=O)c2cc3c(cc2NC(=O)Cc2ccccc2Cl)n(C)c(=O)n3C)cc1. The molecule has 1 amide bonds. The first-order chi connectivity index (χ1) is 16.1. The van der Waals surface area contributed by atoms with Crippen LogP contribution in [0.2, 0.25) is 5.02 Å². The van der Waals surface area contributed by atoms with Crippen molar-refractivity contribution in [1.82, 2.24) is 9.13 Å². The van der Waals surface area contributed by atoms with Crippen LogP contribution in [0.4, 0.5) is 5.69 Å². The lowest BCUT2D eigenvalue weighted by Crippen LogP contribution is -2.19. The summed E-state index contributed by atoms with van der Waals surface area (Å²) in [5.41, 5.74) is 1.26. The number of benzene rings is 3. The molecule has 176 valence electrons. The Morgan fingerprint density at radius 2 is 1.62 bits per heavy atom. The smallest absolute Gasteiger partial charge is 0.328 e. The first-order valence-corrected chi connectivity index (χ1v) is 12.1. The fourth-order valence-corrected chi connectivity index (χ4v) is 5.35. The number of rotatable bonds is 6. The maximum absolute atomic E-state index is 13.6. The Labute approximate surface area is 201 Å². The van der Waals surface area contributed by atoms with Crippen molar-refractivity contribution < 1.29 is 17.9 Å². The Kier molecular flexibility index (Phi) is 6.24. The third kappa shape index (κ3) is 4.20. The normalized spacial score (nSPS) is 11.5. The molecule has 4 rings (SSSR count). The first-order valence-electron chi connectivity index (χ1n) is 10.3. The van der Waals surface area contributed by atoms with Gasteiger partial charge in [-0.05, 0) is 48.0 Å². The molecule has 4 aromatic rings. The molecule has 0 saturated heterocycles. The van der Waals surface area contributed by atoms with E-state index in [9.17, 15) is 18.0 Å². The minimum Gasteiger partial charge on any atom is -0.497 e. The van der Waals surface area contributed by atoms with Crippen LogP contribution in [-0.4, -0.2) is 30.6 Å². The van der Waals surface area contributed by atoms with E-state index in [0.717, 1.165) is 0 Å². The van der Waals surface area contributed by atoms with Gasteiger partial charge in [-0.15, -0.1) is 0 Å². The van der Waals surface area contributed by atoms with E-state index in [2.05, 4.69) is 5.32 Å². The number of carbonyl (C=O) groups excluding carboxylic acids is 1. The minimum atomic E-state index is -4.05. The maximum Gasteiger partial charge on any atom is 0.328 e. The molecule has 0 aliphatic heterocycles. The molecule has 8 nitrogen and oxygen atoms in total. The molecular formula is C24H22ClN3O5S. The molecule has 1 aromatic heterocycles. The number of hydrogen-bond donors (Lipinski definition) is 1. The molecule has 0 aliphatic rings. The number of ether oxygens (including phenoxy) is 1. The summed E-state index contributed by atoms with van der Waals surface area (Å²) in [6.45, 7) is 0. The van der Waals surface area contributed by atoms with Crippen molar-refractivity contribution in [3.63, 3.8) is 0 Å². The fraction of sp³-hybridized carbons (Fsp3) is 0.167. The number of methoxy groups -OCH3 is 1. The predicted octanol–water partition coefficient (Wildman–Crippen LogP) is 3.55. The largest absolute Gasteiger partial charge is 0.497 e. The number of anilines is 1. The number of amides is 1. The molecule has 0 fully saturated rings. The number of imidazole rings is 1. The van der Waals surface area contributed by atoms with Crippen LogP contribution in [0.3, 0.4) is 0 Å². The van der Waals surface area contributed by atoms with E-state index in [1.54, 1.807) is 50.5 Å². The molecule has 0 atom stereocenters. The zero-order chi connectivity index (χ0) is 24.6. The Bertz CT molecular complexity index is 1570. The van der Waals surface area contributed by atoms with Gasteiger partial charge in [-0.1, -0.05) is 29.8 Å². The van der Waals surface area contributed by atoms with E-state index in [1.165, 1.54) is 40.5 Å². The highest BCUT2D eigenvalue weighted by Gasteiger charge is 2.25. The second-order valence-corrected chi connectivity index (χ2v) is 10.1. The predicted molar refractivity (Wildman–Crippen MR) is 130 cm³/mol. The van der Waals surface area contributed by atoms with Crippen LogP contribution in [0.1, 0.15) is 5.56 Å². The van der Waals surface area contributed by atoms with Gasteiger partial charge in [0.25, 0.3) is 0 Å². The number of nitrogens with zero attached hydrogens (tertiary/aromatic N) is 2. The van der Waals surface area contributed by atoms with Gasteiger partial charge in [-0.3, -0.25) is 13.9 Å². The van der Waals surface area contributed by atoms with Crippen LogP contribution in [0, 0.1) is 0 Å². The van der Waals surface area contributed by atoms with Crippen molar-refractivity contribution in [2.24, 2.45) is 14.1 Å². The number of aryl methyl sites for hydroxylation is 2. The standard InChI is InChI=1S/C24H22ClN3O5S/c1-27-20-13-19(26-23(29)12-15-6-4-5-7-18(15)25)22(14-21(20)28(2)24(27)30)34(31,32)17-10-8-16(33-3)9-11-17/h4-11,13-14H,12H2,1-3H3,(H,26,29). The first kappa shape index (κ1) is 23.6. The molecule has 3 aromatic carbocycles. The molecule has 0 radical (unpaired) electrons. The fourth-order valence-electron chi connectivity index (χ4n) is 3.74. The maximum atomic E-state index is 13.6. The Balaban J connectivity index is 1.84. The van der Waals surface area contributed by atoms with Crippen molar-refractivity contribution >= 4 is 44.1 Å². The van der Waals surface area contributed by atoms with Gasteiger partial charge in [-0.2, -0.15) is 0 Å². The van der Waals surface area contributed by atoms with Gasteiger partial charge in [0.15, 0.2) is 0 Å². The van der Waals surface area contributed by atoms with Gasteiger partial charge >= 0.3 is 5.69 Å². The van der Waals surface area contributed by atoms with Crippen LogP contribution in [0.5, 0.6) is 5.75 Å². The molecular weight excluding hydrogens is 478 g/mol. The quantitative estimate of drug-likeness (QED) is 0.437. The molecule has 0 unspecified atom stereocenters. The summed E-state index contributed by atoms with van der Waals surface area (Å²) in [4.78, 5) is 25.2. The van der Waals surface area contributed by atoms with E-state index in [0.29, 0.717) is 27.4 Å². The molecule has 0 saturated carbocycles. The minimum absolute atomic E-state index is 0.0233. The number of fused-ring (bicyclic) bond motifs is 1. The van der Waals surface area contributed by atoms with E-state index >= 15 is 0 Å². The third-order valence-corrected chi connectivity index (χ3v) is 7.79. The molecule has 0 bridgehead atoms. The van der Waals surface area contributed by atoms with Crippen LogP contribution in [0.25, 0.3) is 11.0 Å². The van der Waals surface area contributed by atoms with E-state index in [1.807, 2.05) is 0 Å². The number of halogens is 1. The van der Waals surface area contributed by atoms with Gasteiger partial charge in [0.05, 0.1) is 40.0 Å². The summed E-state index contributed by atoms with van der Waals surface area (Å²) < 4.78 is 35.0. The van der Waals surface area contributed by atoms with Gasteiger partial charge in [-0.25, -0.2) is 13.2 Å². The second-order valence-electron chi connectivity index (χ2n) is 7.73. The summed E-state index contributed by atoms with van der Waals surface area (Å²) in [5.74, 6) is 0.0627. The highest BCUT2D eigenvalue weighted by Crippen LogP contribution is 2.32. The Morgan fingerprint density at radius 1 is 1.00 bits per heavy atom. The number of aromatic nitrogens is 2. The van der Waals surface area contributed by atoms with Crippen molar-refractivity contribution in [3.05, 3.63) is 81.7 Å². The van der Waals surface area contributed by atoms with E-state index < -0.39 is 15.7 Å². The third-order valence-electron chi connectivity index (χ3n) is 5.62. The van der Waals surface area contributed by atoms with Crippen molar-refractivity contribution in [2.75, 3.05) is 12.4 Å². The second kappa shape index (κ2) is 9.00. The summed E-state index contributed by atoms with van der Waals surface area (Å²) >= 11 is 6.17. The Morgan fingerprint density at radius 3 is 2.24 bits per heavy atom. The molecule has 1 heterocycles. The summed E-state index contributed by atoms with van der Waals surface area (Å²) in [6.07, 6.45) is -0.0482. The van der Waals surface area contributed by atoms with Crippen molar-refractivity contribution in [1.29, 1.82) is 0 Å². The zero-order valence-electron chi connectivity index (χ0n) is 18.7. The number of nitrogens with one attached hydrogen (secondary N) is 1. The van der Waals surface area contributed by atoms with Crippen molar-refractivity contribution in [3.8, 4) is 5.75 Å². The number of carbonyl (C=O) groups is 1. The van der Waals surface area contributed by atoms with E-state index in [4.69, 9.17) is 16.3 Å². The lowest BCUT2D eigenvalue weighted by Gasteiger charge is -2.14. The van der Waals surface area contributed by atoms with Crippen LogP contribution in [-0.2, 0) is 35.1 Å². The highest BCUT2D eigenvalue weighted by atomic mass is 35.5. The molecule has 1 N–H and O–H groups in total. The number of sulfone groups is 1. The summed E-state index contributed by atoms with van der Waals surface area (Å²) in [5, 5.41) is 3.14. The monoisotopic (exact) mass is 499 g/mol. The average molecular weight is 500 g/mol. The van der Waals surface area contributed by atoms with Gasteiger partial charge in [0.1, 0.15) is 5.75 Å². The molecule has 10 heteroatoms. The lowest BCUT2D eigenvalue weighted by atomic mass is 10.1. The lowest BCUT2D eigenvalue weighted by molar-refractivity contribution is -0.115. The molecule has 0 aliphatic carbocycles. The molecule has 0 spiro atoms. The van der Waals surface area contributed by atoms with Gasteiger partial charge < -0.3 is 10.1 Å². The number of hydrogen-bond acceptors (Lipinski definition) is 5. The van der Waals surface area contributed by atoms with Crippen LogP contribution >= 0.6 is 11.6 Å². The topological polar surface area (TPSA) is 99.4 Å². The van der Waals surface area contributed by atoms with Crippen LogP contribution < -0.4 is 15.7 Å². The average Bonchev–Trinajstić information content (AvgIpc) is 3.03.